The van der Waals surface area contributed by atoms with E-state index in [0.717, 1.165) is 22.1 Å². The Bertz CT molecular complexity index is 610. The van der Waals surface area contributed by atoms with Crippen LogP contribution in [0.3, 0.4) is 0 Å². The molecule has 0 unspecified atom stereocenters. The predicted molar refractivity (Wildman–Crippen MR) is 79.1 cm³/mol. The Labute approximate surface area is 118 Å². The van der Waals surface area contributed by atoms with Gasteiger partial charge in [0.2, 0.25) is 0 Å². The van der Waals surface area contributed by atoms with Gasteiger partial charge in [-0.15, -0.1) is 0 Å². The van der Waals surface area contributed by atoms with Crippen molar-refractivity contribution < 1.29 is 14.6 Å². The van der Waals surface area contributed by atoms with Crippen LogP contribution in [0, 0.1) is 0 Å². The van der Waals surface area contributed by atoms with E-state index in [4.69, 9.17) is 9.84 Å². The smallest absolute Gasteiger partial charge is 0.304 e. The van der Waals surface area contributed by atoms with Crippen molar-refractivity contribution in [3.8, 4) is 5.75 Å². The van der Waals surface area contributed by atoms with Crippen LogP contribution in [-0.4, -0.2) is 36.7 Å². The fraction of sp³-hybridized carbons (Fsp3) is 0.312. The van der Waals surface area contributed by atoms with Gasteiger partial charge in [-0.2, -0.15) is 0 Å². The number of carbonyl (C=O) groups is 1. The van der Waals surface area contributed by atoms with Gasteiger partial charge in [-0.1, -0.05) is 24.3 Å². The third-order valence-electron chi connectivity index (χ3n) is 3.30. The quantitative estimate of drug-likeness (QED) is 0.879. The molecule has 20 heavy (non-hydrogen) atoms. The lowest BCUT2D eigenvalue weighted by molar-refractivity contribution is -0.137. The maximum absolute atomic E-state index is 10.6. The zero-order valence-corrected chi connectivity index (χ0v) is 11.8. The second-order valence-electron chi connectivity index (χ2n) is 4.89. The molecule has 4 nitrogen and oxygen atoms in total. The van der Waals surface area contributed by atoms with Crippen molar-refractivity contribution in [2.24, 2.45) is 0 Å². The zero-order chi connectivity index (χ0) is 14.5. The van der Waals surface area contributed by atoms with Crippen LogP contribution in [0.2, 0.25) is 0 Å². The molecule has 2 aromatic rings. The summed E-state index contributed by atoms with van der Waals surface area (Å²) in [6, 6.07) is 12.2. The number of aliphatic carboxylic acids is 1. The van der Waals surface area contributed by atoms with E-state index in [1.807, 2.05) is 30.1 Å². The SMILES string of the molecule is COc1cc2ccccc2cc1CN(C)CCC(=O)O. The Balaban J connectivity index is 2.21. The van der Waals surface area contributed by atoms with Crippen LogP contribution in [0.15, 0.2) is 36.4 Å². The lowest BCUT2D eigenvalue weighted by Gasteiger charge is -2.18. The number of methoxy groups -OCH3 is 1. The first-order valence-corrected chi connectivity index (χ1v) is 6.56. The number of fused-ring (bicyclic) bond motifs is 1. The molecule has 1 N–H and O–H groups in total. The molecule has 0 aliphatic heterocycles. The molecule has 0 aliphatic carbocycles. The number of hydrogen-bond acceptors (Lipinski definition) is 3. The van der Waals surface area contributed by atoms with E-state index in [-0.39, 0.29) is 6.42 Å². The maximum atomic E-state index is 10.6. The van der Waals surface area contributed by atoms with Crippen molar-refractivity contribution in [3.63, 3.8) is 0 Å². The third kappa shape index (κ3) is 3.48. The van der Waals surface area contributed by atoms with E-state index in [2.05, 4.69) is 18.2 Å². The van der Waals surface area contributed by atoms with Gasteiger partial charge in [-0.3, -0.25) is 4.79 Å². The van der Waals surface area contributed by atoms with Crippen LogP contribution < -0.4 is 4.74 Å². The van der Waals surface area contributed by atoms with Gasteiger partial charge < -0.3 is 14.7 Å². The van der Waals surface area contributed by atoms with Crippen LogP contribution in [0.1, 0.15) is 12.0 Å². The lowest BCUT2D eigenvalue weighted by atomic mass is 10.1. The summed E-state index contributed by atoms with van der Waals surface area (Å²) in [5.74, 6) is 0.0631. The van der Waals surface area contributed by atoms with E-state index in [9.17, 15) is 4.79 Å². The number of carboxylic acids is 1. The summed E-state index contributed by atoms with van der Waals surface area (Å²) in [6.07, 6.45) is 0.145. The number of benzene rings is 2. The number of carboxylic acid groups (broad SMARTS) is 1. The average molecular weight is 273 g/mol. The highest BCUT2D eigenvalue weighted by Crippen LogP contribution is 2.26. The Morgan fingerprint density at radius 2 is 1.90 bits per heavy atom. The van der Waals surface area contributed by atoms with Gasteiger partial charge in [0.1, 0.15) is 5.75 Å². The first kappa shape index (κ1) is 14.3. The van der Waals surface area contributed by atoms with Crippen molar-refractivity contribution in [2.45, 2.75) is 13.0 Å². The predicted octanol–water partition coefficient (Wildman–Crippen LogP) is 2.75. The highest BCUT2D eigenvalue weighted by atomic mass is 16.5. The molecule has 0 heterocycles. The molecule has 0 fully saturated rings. The molecule has 2 rings (SSSR count). The molecule has 0 radical (unpaired) electrons. The van der Waals surface area contributed by atoms with E-state index in [0.29, 0.717) is 13.1 Å². The fourth-order valence-corrected chi connectivity index (χ4v) is 2.24. The molecule has 0 aliphatic rings. The number of ether oxygens (including phenoxy) is 1. The second kappa shape index (κ2) is 6.39. The number of hydrogen-bond donors (Lipinski definition) is 1. The lowest BCUT2D eigenvalue weighted by Crippen LogP contribution is -2.21. The normalized spacial score (nSPS) is 10.9. The van der Waals surface area contributed by atoms with Gasteiger partial charge in [-0.05, 0) is 30.0 Å². The topological polar surface area (TPSA) is 49.8 Å². The molecular weight excluding hydrogens is 254 g/mol. The summed E-state index contributed by atoms with van der Waals surface area (Å²) < 4.78 is 5.44. The number of rotatable bonds is 6. The molecule has 0 aromatic heterocycles. The van der Waals surface area contributed by atoms with Crippen molar-refractivity contribution >= 4 is 16.7 Å². The molecule has 2 aromatic carbocycles. The molecule has 4 heteroatoms. The van der Waals surface area contributed by atoms with Gasteiger partial charge in [0.15, 0.2) is 0 Å². The molecule has 0 bridgehead atoms. The molecule has 0 atom stereocenters. The minimum Gasteiger partial charge on any atom is -0.496 e. The van der Waals surface area contributed by atoms with Crippen LogP contribution in [0.25, 0.3) is 10.8 Å². The summed E-state index contributed by atoms with van der Waals surface area (Å²) >= 11 is 0. The molecule has 0 amide bonds. The van der Waals surface area contributed by atoms with Crippen LogP contribution in [0.4, 0.5) is 0 Å². The maximum Gasteiger partial charge on any atom is 0.304 e. The monoisotopic (exact) mass is 273 g/mol. The van der Waals surface area contributed by atoms with Crippen LogP contribution in [0.5, 0.6) is 5.75 Å². The van der Waals surface area contributed by atoms with Gasteiger partial charge in [0.05, 0.1) is 13.5 Å². The molecule has 106 valence electrons. The van der Waals surface area contributed by atoms with Gasteiger partial charge >= 0.3 is 5.97 Å². The molecule has 0 saturated heterocycles. The third-order valence-corrected chi connectivity index (χ3v) is 3.30. The van der Waals surface area contributed by atoms with Gasteiger partial charge in [-0.25, -0.2) is 0 Å². The fourth-order valence-electron chi connectivity index (χ4n) is 2.24. The summed E-state index contributed by atoms with van der Waals surface area (Å²) in [7, 11) is 3.57. The second-order valence-corrected chi connectivity index (χ2v) is 4.89. The highest BCUT2D eigenvalue weighted by Gasteiger charge is 2.09. The largest absolute Gasteiger partial charge is 0.496 e. The van der Waals surface area contributed by atoms with Gasteiger partial charge in [0, 0.05) is 18.7 Å². The minimum atomic E-state index is -0.776. The molecule has 0 saturated carbocycles. The number of nitrogens with zero attached hydrogens (tertiary/aromatic N) is 1. The first-order valence-electron chi connectivity index (χ1n) is 6.56. The van der Waals surface area contributed by atoms with Crippen molar-refractivity contribution in [1.29, 1.82) is 0 Å². The summed E-state index contributed by atoms with van der Waals surface area (Å²) in [5, 5.41) is 11.0. The summed E-state index contributed by atoms with van der Waals surface area (Å²) in [4.78, 5) is 12.6. The van der Waals surface area contributed by atoms with Crippen LogP contribution >= 0.6 is 0 Å². The van der Waals surface area contributed by atoms with Crippen LogP contribution in [-0.2, 0) is 11.3 Å². The van der Waals surface area contributed by atoms with E-state index in [1.165, 1.54) is 0 Å². The van der Waals surface area contributed by atoms with Gasteiger partial charge in [0.25, 0.3) is 0 Å². The summed E-state index contributed by atoms with van der Waals surface area (Å²) in [5.41, 5.74) is 1.07. The molecular formula is C16H19NO3. The van der Waals surface area contributed by atoms with Crippen molar-refractivity contribution in [1.82, 2.24) is 4.90 Å². The van der Waals surface area contributed by atoms with E-state index < -0.39 is 5.97 Å². The highest BCUT2D eigenvalue weighted by molar-refractivity contribution is 5.85. The standard InChI is InChI=1S/C16H19NO3/c1-17(8-7-16(18)19)11-14-9-12-5-3-4-6-13(12)10-15(14)20-2/h3-6,9-10H,7-8,11H2,1-2H3,(H,18,19). The Morgan fingerprint density at radius 1 is 1.25 bits per heavy atom. The summed E-state index contributed by atoms with van der Waals surface area (Å²) in [6.45, 7) is 1.19. The zero-order valence-electron chi connectivity index (χ0n) is 11.8. The first-order chi connectivity index (χ1) is 9.60. The molecule has 0 spiro atoms. The Morgan fingerprint density at radius 3 is 2.50 bits per heavy atom. The van der Waals surface area contributed by atoms with E-state index >= 15 is 0 Å². The van der Waals surface area contributed by atoms with E-state index in [1.54, 1.807) is 7.11 Å². The Hall–Kier alpha value is -2.07. The van der Waals surface area contributed by atoms with Crippen molar-refractivity contribution in [2.75, 3.05) is 20.7 Å². The average Bonchev–Trinajstić information content (AvgIpc) is 2.44. The minimum absolute atomic E-state index is 0.145. The Kier molecular flexibility index (Phi) is 4.58. The van der Waals surface area contributed by atoms with Crippen molar-refractivity contribution in [3.05, 3.63) is 42.0 Å².